The first-order chi connectivity index (χ1) is 14.2. The van der Waals surface area contributed by atoms with Gasteiger partial charge >= 0.3 is 0 Å². The normalized spacial score (nSPS) is 23.8. The summed E-state index contributed by atoms with van der Waals surface area (Å²) in [5, 5.41) is 5.93. The van der Waals surface area contributed by atoms with Gasteiger partial charge in [-0.3, -0.25) is 14.5 Å². The quantitative estimate of drug-likeness (QED) is 0.752. The van der Waals surface area contributed by atoms with E-state index in [0.717, 1.165) is 51.3 Å². The van der Waals surface area contributed by atoms with E-state index in [2.05, 4.69) is 44.7 Å². The molecule has 0 aromatic heterocycles. The molecule has 7 nitrogen and oxygen atoms in total. The molecule has 3 fully saturated rings. The summed E-state index contributed by atoms with van der Waals surface area (Å²) in [5.41, 5.74) is 2.26. The highest BCUT2D eigenvalue weighted by Gasteiger charge is 2.36. The number of ether oxygens (including phenoxy) is 1. The summed E-state index contributed by atoms with van der Waals surface area (Å²) in [7, 11) is 0. The molecule has 0 spiro atoms. The number of piperazine rings is 1. The fourth-order valence-electron chi connectivity index (χ4n) is 4.71. The molecule has 0 unspecified atom stereocenters. The molecule has 7 heteroatoms. The van der Waals surface area contributed by atoms with Gasteiger partial charge in [-0.15, -0.1) is 0 Å². The van der Waals surface area contributed by atoms with Gasteiger partial charge in [0.1, 0.15) is 0 Å². The number of rotatable bonds is 6. The van der Waals surface area contributed by atoms with Gasteiger partial charge in [-0.2, -0.15) is 0 Å². The maximum atomic E-state index is 12.6. The highest BCUT2D eigenvalue weighted by Crippen LogP contribution is 2.27. The van der Waals surface area contributed by atoms with Gasteiger partial charge in [-0.1, -0.05) is 25.0 Å². The smallest absolute Gasteiger partial charge is 0.237 e. The molecule has 158 valence electrons. The molecule has 1 aromatic rings. The number of hydrogen-bond acceptors (Lipinski definition) is 5. The molecular weight excluding hydrogens is 368 g/mol. The fraction of sp³-hybridized carbons (Fsp3) is 0.636. The molecule has 1 aromatic carbocycles. The number of carbonyl (C=O) groups excluding carboxylic acids is 2. The number of hydrogen-bond donors (Lipinski definition) is 2. The number of benzene rings is 1. The molecule has 1 aliphatic carbocycles. The maximum absolute atomic E-state index is 12.6. The van der Waals surface area contributed by atoms with Crippen molar-refractivity contribution in [3.05, 3.63) is 29.8 Å². The molecule has 29 heavy (non-hydrogen) atoms. The van der Waals surface area contributed by atoms with Crippen molar-refractivity contribution in [3.63, 3.8) is 0 Å². The average molecular weight is 401 g/mol. The zero-order valence-corrected chi connectivity index (χ0v) is 17.1. The van der Waals surface area contributed by atoms with E-state index >= 15 is 0 Å². The first-order valence-corrected chi connectivity index (χ1v) is 10.9. The van der Waals surface area contributed by atoms with Gasteiger partial charge in [-0.25, -0.2) is 0 Å². The Bertz CT molecular complexity index is 697. The van der Waals surface area contributed by atoms with Crippen LogP contribution < -0.4 is 15.5 Å². The number of nitrogens with zero attached hydrogens (tertiary/aromatic N) is 2. The predicted molar refractivity (Wildman–Crippen MR) is 112 cm³/mol. The van der Waals surface area contributed by atoms with Crippen molar-refractivity contribution in [2.75, 3.05) is 44.3 Å². The van der Waals surface area contributed by atoms with Crippen molar-refractivity contribution in [2.24, 2.45) is 0 Å². The predicted octanol–water partition coefficient (Wildman–Crippen LogP) is 1.27. The third kappa shape index (κ3) is 5.08. The second-order valence-corrected chi connectivity index (χ2v) is 8.23. The molecule has 2 amide bonds. The monoisotopic (exact) mass is 400 g/mol. The van der Waals surface area contributed by atoms with Crippen LogP contribution in [-0.4, -0.2) is 68.2 Å². The standard InChI is InChI=1S/C22H32N4O3/c27-21(15-20-22(28)23-9-10-26(20)19-3-1-2-4-19)24-16-17-5-7-18(8-6-17)25-11-13-29-14-12-25/h5-8,19-20H,1-4,9-16H2,(H,23,28)(H,24,27)/t20-/m0/s1. The second kappa shape index (κ2) is 9.59. The van der Waals surface area contributed by atoms with Gasteiger partial charge in [0, 0.05) is 44.5 Å². The lowest BCUT2D eigenvalue weighted by Gasteiger charge is -2.38. The van der Waals surface area contributed by atoms with E-state index in [4.69, 9.17) is 4.74 Å². The third-order valence-electron chi connectivity index (χ3n) is 6.35. The number of amides is 2. The summed E-state index contributed by atoms with van der Waals surface area (Å²) < 4.78 is 5.40. The summed E-state index contributed by atoms with van der Waals surface area (Å²) >= 11 is 0. The number of morpholine rings is 1. The highest BCUT2D eigenvalue weighted by molar-refractivity contribution is 5.88. The van der Waals surface area contributed by atoms with Crippen LogP contribution in [-0.2, 0) is 20.9 Å². The van der Waals surface area contributed by atoms with Crippen LogP contribution in [0.1, 0.15) is 37.7 Å². The highest BCUT2D eigenvalue weighted by atomic mass is 16.5. The SMILES string of the molecule is O=C(C[C@H]1C(=O)NCCN1C1CCCC1)NCc1ccc(N2CCOCC2)cc1. The zero-order chi connectivity index (χ0) is 20.1. The van der Waals surface area contributed by atoms with Crippen LogP contribution in [0.2, 0.25) is 0 Å². The molecule has 2 aliphatic heterocycles. The summed E-state index contributed by atoms with van der Waals surface area (Å²) in [5.74, 6) is -0.0690. The maximum Gasteiger partial charge on any atom is 0.237 e. The molecule has 2 N–H and O–H groups in total. The molecule has 1 atom stereocenters. The Balaban J connectivity index is 1.29. The lowest BCUT2D eigenvalue weighted by Crippen LogP contribution is -2.59. The van der Waals surface area contributed by atoms with Crippen molar-refractivity contribution in [1.29, 1.82) is 0 Å². The van der Waals surface area contributed by atoms with Crippen LogP contribution in [0.4, 0.5) is 5.69 Å². The Morgan fingerprint density at radius 3 is 2.55 bits per heavy atom. The van der Waals surface area contributed by atoms with Gasteiger partial charge in [0.05, 0.1) is 25.7 Å². The van der Waals surface area contributed by atoms with E-state index in [1.54, 1.807) is 0 Å². The molecule has 0 bridgehead atoms. The van der Waals surface area contributed by atoms with Crippen molar-refractivity contribution in [3.8, 4) is 0 Å². The van der Waals surface area contributed by atoms with Crippen LogP contribution >= 0.6 is 0 Å². The third-order valence-corrected chi connectivity index (χ3v) is 6.35. The van der Waals surface area contributed by atoms with Gasteiger partial charge < -0.3 is 20.3 Å². The van der Waals surface area contributed by atoms with Gasteiger partial charge in [0.25, 0.3) is 0 Å². The number of carbonyl (C=O) groups is 2. The Kier molecular flexibility index (Phi) is 6.67. The van der Waals surface area contributed by atoms with Gasteiger partial charge in [0.15, 0.2) is 0 Å². The molecule has 2 saturated heterocycles. The minimum Gasteiger partial charge on any atom is -0.378 e. The molecule has 2 heterocycles. The van der Waals surface area contributed by atoms with Crippen molar-refractivity contribution in [1.82, 2.24) is 15.5 Å². The Hall–Kier alpha value is -2.12. The Labute approximate surface area is 172 Å². The minimum absolute atomic E-state index is 0.00633. The molecule has 4 rings (SSSR count). The van der Waals surface area contributed by atoms with E-state index in [9.17, 15) is 9.59 Å². The summed E-state index contributed by atoms with van der Waals surface area (Å²) in [6.07, 6.45) is 4.96. The van der Waals surface area contributed by atoms with Crippen LogP contribution in [0.5, 0.6) is 0 Å². The van der Waals surface area contributed by atoms with E-state index < -0.39 is 0 Å². The Morgan fingerprint density at radius 2 is 1.83 bits per heavy atom. The van der Waals surface area contributed by atoms with Crippen LogP contribution in [0, 0.1) is 0 Å². The van der Waals surface area contributed by atoms with Crippen LogP contribution in [0.25, 0.3) is 0 Å². The summed E-state index contributed by atoms with van der Waals surface area (Å²) in [6, 6.07) is 8.43. The molecule has 0 radical (unpaired) electrons. The van der Waals surface area contributed by atoms with E-state index in [1.807, 2.05) is 0 Å². The largest absolute Gasteiger partial charge is 0.378 e. The van der Waals surface area contributed by atoms with Crippen LogP contribution in [0.3, 0.4) is 0 Å². The molecule has 1 saturated carbocycles. The van der Waals surface area contributed by atoms with Gasteiger partial charge in [-0.05, 0) is 30.5 Å². The second-order valence-electron chi connectivity index (χ2n) is 8.23. The topological polar surface area (TPSA) is 73.9 Å². The lowest BCUT2D eigenvalue weighted by molar-refractivity contribution is -0.135. The van der Waals surface area contributed by atoms with E-state index in [1.165, 1.54) is 18.5 Å². The van der Waals surface area contributed by atoms with Gasteiger partial charge in [0.2, 0.25) is 11.8 Å². The number of anilines is 1. The van der Waals surface area contributed by atoms with Crippen LogP contribution in [0.15, 0.2) is 24.3 Å². The number of nitrogens with one attached hydrogen (secondary N) is 2. The summed E-state index contributed by atoms with van der Waals surface area (Å²) in [6.45, 7) is 5.38. The molecule has 3 aliphatic rings. The minimum atomic E-state index is -0.337. The van der Waals surface area contributed by atoms with E-state index in [-0.39, 0.29) is 24.3 Å². The first kappa shape index (κ1) is 20.2. The first-order valence-electron chi connectivity index (χ1n) is 10.9. The van der Waals surface area contributed by atoms with Crippen molar-refractivity contribution >= 4 is 17.5 Å². The average Bonchev–Trinajstić information content (AvgIpc) is 3.29. The summed E-state index contributed by atoms with van der Waals surface area (Å²) in [4.78, 5) is 29.6. The van der Waals surface area contributed by atoms with E-state index in [0.29, 0.717) is 19.1 Å². The Morgan fingerprint density at radius 1 is 1.10 bits per heavy atom. The fourth-order valence-corrected chi connectivity index (χ4v) is 4.71. The van der Waals surface area contributed by atoms with Crippen molar-refractivity contribution < 1.29 is 14.3 Å². The molecular formula is C22H32N4O3. The lowest BCUT2D eigenvalue weighted by atomic mass is 10.0. The van der Waals surface area contributed by atoms with Crippen molar-refractivity contribution in [2.45, 2.75) is 50.7 Å². The zero-order valence-electron chi connectivity index (χ0n) is 17.1.